The molecular weight excluding hydrogens is 546 g/mol. The number of fused-ring (bicyclic) bond motifs is 2. The predicted octanol–water partition coefficient (Wildman–Crippen LogP) is 7.67. The second kappa shape index (κ2) is 10.9. The van der Waals surface area contributed by atoms with Gasteiger partial charge < -0.3 is 9.73 Å². The maximum atomic E-state index is 9.89. The maximum Gasteiger partial charge on any atom is 0.227 e. The highest BCUT2D eigenvalue weighted by molar-refractivity contribution is 6.36. The van der Waals surface area contributed by atoms with Crippen LogP contribution in [0, 0.1) is 18.3 Å². The highest BCUT2D eigenvalue weighted by atomic mass is 35.5. The first-order valence-corrected chi connectivity index (χ1v) is 14.2. The Bertz CT molecular complexity index is 2000. The zero-order chi connectivity index (χ0) is 28.6. The molecule has 1 saturated heterocycles. The summed E-state index contributed by atoms with van der Waals surface area (Å²) in [4.78, 5) is 20.4. The molecule has 0 aliphatic carbocycles. The van der Waals surface area contributed by atoms with Crippen LogP contribution in [0.4, 0.5) is 11.4 Å². The van der Waals surface area contributed by atoms with Gasteiger partial charge in [-0.1, -0.05) is 35.9 Å². The van der Waals surface area contributed by atoms with Gasteiger partial charge in [0, 0.05) is 30.1 Å². The molecule has 0 radical (unpaired) electrons. The predicted molar refractivity (Wildman–Crippen MR) is 164 cm³/mol. The van der Waals surface area contributed by atoms with Crippen LogP contribution in [0.5, 0.6) is 0 Å². The van der Waals surface area contributed by atoms with Gasteiger partial charge in [0.2, 0.25) is 5.89 Å². The lowest BCUT2D eigenvalue weighted by molar-refractivity contribution is 0.331. The van der Waals surface area contributed by atoms with Crippen molar-refractivity contribution in [3.63, 3.8) is 0 Å². The van der Waals surface area contributed by atoms with Crippen LogP contribution in [0.15, 0.2) is 77.7 Å². The van der Waals surface area contributed by atoms with Crippen molar-refractivity contribution in [2.75, 3.05) is 18.4 Å². The number of pyridine rings is 1. The molecule has 4 heterocycles. The lowest BCUT2D eigenvalue weighted by Crippen LogP contribution is -2.18. The van der Waals surface area contributed by atoms with Crippen molar-refractivity contribution in [1.29, 1.82) is 5.26 Å². The Morgan fingerprint density at radius 3 is 2.60 bits per heavy atom. The van der Waals surface area contributed by atoms with E-state index in [1.165, 1.54) is 12.8 Å². The van der Waals surface area contributed by atoms with E-state index in [-0.39, 0.29) is 0 Å². The highest BCUT2D eigenvalue weighted by Crippen LogP contribution is 2.40. The van der Waals surface area contributed by atoms with E-state index in [0.717, 1.165) is 53.1 Å². The van der Waals surface area contributed by atoms with Crippen LogP contribution < -0.4 is 5.32 Å². The Labute approximate surface area is 247 Å². The molecular formula is C33H26ClN7O. The molecule has 0 bridgehead atoms. The minimum Gasteiger partial charge on any atom is -0.435 e. The fourth-order valence-corrected chi connectivity index (χ4v) is 5.98. The SMILES string of the molecule is Cc1c(-c2nc3cc(CN4CCCC4)cc(C#N)c3o2)cccc1-c1cccc(Nc2cncc3nccnc23)c1Cl. The molecule has 0 amide bonds. The molecule has 9 heteroatoms. The number of benzene rings is 3. The normalized spacial score (nSPS) is 13.5. The van der Waals surface area contributed by atoms with E-state index in [0.29, 0.717) is 44.3 Å². The quantitative estimate of drug-likeness (QED) is 0.217. The summed E-state index contributed by atoms with van der Waals surface area (Å²) in [6.07, 6.45) is 9.12. The fraction of sp³-hybridized carbons (Fsp3) is 0.182. The van der Waals surface area contributed by atoms with Crippen LogP contribution in [0.3, 0.4) is 0 Å². The first-order valence-electron chi connectivity index (χ1n) is 13.9. The number of likely N-dealkylation sites (tertiary alicyclic amines) is 1. The Hall–Kier alpha value is -4.84. The second-order valence-corrected chi connectivity index (χ2v) is 10.9. The van der Waals surface area contributed by atoms with E-state index < -0.39 is 0 Å². The van der Waals surface area contributed by atoms with E-state index in [1.807, 2.05) is 55.5 Å². The first-order chi connectivity index (χ1) is 20.6. The van der Waals surface area contributed by atoms with Crippen LogP contribution >= 0.6 is 11.6 Å². The highest BCUT2D eigenvalue weighted by Gasteiger charge is 2.20. The molecule has 0 unspecified atom stereocenters. The molecule has 1 aliphatic rings. The Balaban J connectivity index is 1.25. The van der Waals surface area contributed by atoms with Gasteiger partial charge in [0.25, 0.3) is 0 Å². The summed E-state index contributed by atoms with van der Waals surface area (Å²) in [6, 6.07) is 18.1. The molecule has 0 saturated carbocycles. The van der Waals surface area contributed by atoms with Gasteiger partial charge in [0.05, 0.1) is 34.4 Å². The van der Waals surface area contributed by atoms with Crippen molar-refractivity contribution in [2.24, 2.45) is 0 Å². The topological polar surface area (TPSA) is 104 Å². The van der Waals surface area contributed by atoms with Crippen molar-refractivity contribution in [2.45, 2.75) is 26.3 Å². The molecule has 1 fully saturated rings. The van der Waals surface area contributed by atoms with Crippen LogP contribution in [-0.2, 0) is 6.54 Å². The summed E-state index contributed by atoms with van der Waals surface area (Å²) in [6.45, 7) is 5.01. The molecule has 3 aromatic carbocycles. The number of nitrogens with one attached hydrogen (secondary N) is 1. The molecule has 6 aromatic rings. The number of hydrogen-bond donors (Lipinski definition) is 1. The molecule has 3 aromatic heterocycles. The number of nitrogens with zero attached hydrogens (tertiary/aromatic N) is 6. The van der Waals surface area contributed by atoms with Crippen LogP contribution in [-0.4, -0.2) is 37.9 Å². The molecule has 8 nitrogen and oxygen atoms in total. The standard InChI is InChI=1S/C33H26ClN7O/c1-20-23(25-8-5-9-26(30(25)34)39-29-18-36-17-28-31(29)38-11-10-37-28)6-4-7-24(20)33-40-27-15-21(19-41-12-2-3-13-41)14-22(16-35)32(27)42-33/h4-11,14-15,17-18,39H,2-3,12-13,19H2,1H3. The van der Waals surface area contributed by atoms with E-state index in [2.05, 4.69) is 31.2 Å². The number of hydrogen-bond acceptors (Lipinski definition) is 8. The largest absolute Gasteiger partial charge is 0.435 e. The van der Waals surface area contributed by atoms with Gasteiger partial charge in [-0.25, -0.2) is 4.98 Å². The summed E-state index contributed by atoms with van der Waals surface area (Å²) in [7, 11) is 0. The van der Waals surface area contributed by atoms with Gasteiger partial charge in [-0.3, -0.25) is 19.9 Å². The Morgan fingerprint density at radius 2 is 1.74 bits per heavy atom. The second-order valence-electron chi connectivity index (χ2n) is 10.5. The summed E-state index contributed by atoms with van der Waals surface area (Å²) in [5.74, 6) is 0.477. The van der Waals surface area contributed by atoms with Crippen molar-refractivity contribution in [3.8, 4) is 28.7 Å². The lowest BCUT2D eigenvalue weighted by Gasteiger charge is -2.15. The van der Waals surface area contributed by atoms with Crippen molar-refractivity contribution >= 4 is 45.1 Å². The van der Waals surface area contributed by atoms with E-state index >= 15 is 0 Å². The fourth-order valence-electron chi connectivity index (χ4n) is 5.71. The Kier molecular flexibility index (Phi) is 6.74. The molecule has 1 aliphatic heterocycles. The number of halogens is 1. The maximum absolute atomic E-state index is 9.89. The zero-order valence-corrected chi connectivity index (χ0v) is 23.7. The number of nitriles is 1. The number of oxazole rings is 1. The molecule has 42 heavy (non-hydrogen) atoms. The third-order valence-corrected chi connectivity index (χ3v) is 8.19. The zero-order valence-electron chi connectivity index (χ0n) is 22.9. The summed E-state index contributed by atoms with van der Waals surface area (Å²) < 4.78 is 6.23. The van der Waals surface area contributed by atoms with Crippen LogP contribution in [0.25, 0.3) is 44.7 Å². The van der Waals surface area contributed by atoms with E-state index in [4.69, 9.17) is 21.0 Å². The number of aromatic nitrogens is 4. The van der Waals surface area contributed by atoms with Crippen LogP contribution in [0.1, 0.15) is 29.5 Å². The smallest absolute Gasteiger partial charge is 0.227 e. The molecule has 1 N–H and O–H groups in total. The summed E-state index contributed by atoms with van der Waals surface area (Å²) >= 11 is 7.01. The molecule has 206 valence electrons. The van der Waals surface area contributed by atoms with E-state index in [9.17, 15) is 5.26 Å². The third kappa shape index (κ3) is 4.73. The minimum absolute atomic E-state index is 0.477. The number of anilines is 2. The molecule has 7 rings (SSSR count). The van der Waals surface area contributed by atoms with Gasteiger partial charge in [0.1, 0.15) is 22.6 Å². The summed E-state index contributed by atoms with van der Waals surface area (Å²) in [5, 5.41) is 13.8. The van der Waals surface area contributed by atoms with E-state index in [1.54, 1.807) is 24.8 Å². The monoisotopic (exact) mass is 571 g/mol. The van der Waals surface area contributed by atoms with Gasteiger partial charge in [0.15, 0.2) is 5.58 Å². The summed E-state index contributed by atoms with van der Waals surface area (Å²) in [5.41, 5.74) is 9.27. The number of rotatable bonds is 6. The first kappa shape index (κ1) is 26.1. The van der Waals surface area contributed by atoms with Gasteiger partial charge >= 0.3 is 0 Å². The third-order valence-electron chi connectivity index (χ3n) is 7.78. The minimum atomic E-state index is 0.477. The average molecular weight is 572 g/mol. The van der Waals surface area contributed by atoms with Crippen molar-refractivity contribution < 1.29 is 4.42 Å². The molecule has 0 spiro atoms. The van der Waals surface area contributed by atoms with Gasteiger partial charge in [-0.15, -0.1) is 0 Å². The van der Waals surface area contributed by atoms with Gasteiger partial charge in [-0.05, 0) is 73.8 Å². The lowest BCUT2D eigenvalue weighted by atomic mass is 9.96. The van der Waals surface area contributed by atoms with Gasteiger partial charge in [-0.2, -0.15) is 5.26 Å². The Morgan fingerprint density at radius 1 is 0.952 bits per heavy atom. The molecule has 0 atom stereocenters. The van der Waals surface area contributed by atoms with Crippen molar-refractivity contribution in [3.05, 3.63) is 95.0 Å². The average Bonchev–Trinajstić information content (AvgIpc) is 3.68. The van der Waals surface area contributed by atoms with Crippen molar-refractivity contribution in [1.82, 2.24) is 24.8 Å². The van der Waals surface area contributed by atoms with Crippen LogP contribution in [0.2, 0.25) is 5.02 Å².